The van der Waals surface area contributed by atoms with Crippen LogP contribution in [0.3, 0.4) is 0 Å². The van der Waals surface area contributed by atoms with E-state index in [2.05, 4.69) is 44.0 Å². The zero-order valence-electron chi connectivity index (χ0n) is 14.6. The van der Waals surface area contributed by atoms with E-state index in [1.54, 1.807) is 17.0 Å². The zero-order chi connectivity index (χ0) is 18.1. The van der Waals surface area contributed by atoms with E-state index in [0.717, 1.165) is 11.4 Å². The molecule has 0 saturated heterocycles. The second-order valence-corrected chi connectivity index (χ2v) is 6.11. The molecule has 4 aromatic rings. The summed E-state index contributed by atoms with van der Waals surface area (Å²) in [7, 11) is 2.02. The van der Waals surface area contributed by atoms with Crippen LogP contribution in [0.2, 0.25) is 0 Å². The Kier molecular flexibility index (Phi) is 3.96. The third-order valence-electron chi connectivity index (χ3n) is 4.56. The summed E-state index contributed by atoms with van der Waals surface area (Å²) < 4.78 is 1.66. The van der Waals surface area contributed by atoms with Crippen molar-refractivity contribution in [1.82, 2.24) is 24.6 Å². The number of fused-ring (bicyclic) bond motifs is 1. The van der Waals surface area contributed by atoms with Crippen molar-refractivity contribution in [2.75, 3.05) is 17.7 Å². The minimum absolute atomic E-state index is 0. The summed E-state index contributed by atoms with van der Waals surface area (Å²) in [4.78, 5) is 15.3. The van der Waals surface area contributed by atoms with Gasteiger partial charge in [-0.1, -0.05) is 30.3 Å². The summed E-state index contributed by atoms with van der Waals surface area (Å²) in [6.45, 7) is 2.14. The standard InChI is InChI=1S/C19H19N7.2H2/c1-13(14-7-4-3-5-8-14)25(2)16-11-15(22-12-23-16)17-18(20)24-26-10-6-9-21-19(17)26;;/h3-13H,1-2H3,(H2,20,24);2*1H/t13-;;/m1../s1. The molecule has 134 valence electrons. The van der Waals surface area contributed by atoms with Crippen LogP contribution in [0, 0.1) is 0 Å². The quantitative estimate of drug-likeness (QED) is 0.607. The molecule has 0 fully saturated rings. The molecule has 1 atom stereocenters. The van der Waals surface area contributed by atoms with Gasteiger partial charge in [-0.25, -0.2) is 19.5 Å². The highest BCUT2D eigenvalue weighted by molar-refractivity contribution is 5.84. The molecule has 7 nitrogen and oxygen atoms in total. The fraction of sp³-hybridized carbons (Fsp3) is 0.158. The molecule has 26 heavy (non-hydrogen) atoms. The molecule has 0 spiro atoms. The summed E-state index contributed by atoms with van der Waals surface area (Å²) in [6.07, 6.45) is 5.07. The molecule has 0 saturated carbocycles. The average Bonchev–Trinajstić information content (AvgIpc) is 3.03. The van der Waals surface area contributed by atoms with E-state index in [1.165, 1.54) is 5.56 Å². The number of aromatic nitrogens is 5. The predicted octanol–water partition coefficient (Wildman–Crippen LogP) is 3.46. The summed E-state index contributed by atoms with van der Waals surface area (Å²) in [6, 6.07) is 14.2. The number of nitrogen functional groups attached to an aromatic ring is 1. The first-order valence-corrected chi connectivity index (χ1v) is 8.34. The molecule has 0 radical (unpaired) electrons. The predicted molar refractivity (Wildman–Crippen MR) is 106 cm³/mol. The van der Waals surface area contributed by atoms with Crippen LogP contribution in [0.25, 0.3) is 16.9 Å². The molecule has 0 bridgehead atoms. The first-order valence-electron chi connectivity index (χ1n) is 8.34. The topological polar surface area (TPSA) is 85.2 Å². The molecule has 0 aliphatic rings. The monoisotopic (exact) mass is 349 g/mol. The van der Waals surface area contributed by atoms with E-state index in [4.69, 9.17) is 5.73 Å². The van der Waals surface area contributed by atoms with Gasteiger partial charge in [-0.2, -0.15) is 0 Å². The third kappa shape index (κ3) is 2.73. The van der Waals surface area contributed by atoms with Crippen molar-refractivity contribution in [2.24, 2.45) is 0 Å². The normalized spacial score (nSPS) is 12.2. The van der Waals surface area contributed by atoms with Gasteiger partial charge in [-0.05, 0) is 18.6 Å². The van der Waals surface area contributed by atoms with Gasteiger partial charge < -0.3 is 10.6 Å². The lowest BCUT2D eigenvalue weighted by Gasteiger charge is -2.26. The summed E-state index contributed by atoms with van der Waals surface area (Å²) >= 11 is 0. The fourth-order valence-corrected chi connectivity index (χ4v) is 2.98. The molecule has 1 aromatic carbocycles. The molecule has 0 amide bonds. The van der Waals surface area contributed by atoms with Crippen LogP contribution in [-0.2, 0) is 0 Å². The van der Waals surface area contributed by atoms with Crippen LogP contribution < -0.4 is 10.6 Å². The summed E-state index contributed by atoms with van der Waals surface area (Å²) in [5.74, 6) is 1.20. The minimum atomic E-state index is 0. The van der Waals surface area contributed by atoms with Crippen molar-refractivity contribution in [1.29, 1.82) is 0 Å². The van der Waals surface area contributed by atoms with Crippen molar-refractivity contribution in [3.63, 3.8) is 0 Å². The van der Waals surface area contributed by atoms with Gasteiger partial charge in [0.05, 0.1) is 17.3 Å². The Hall–Kier alpha value is -3.48. The number of rotatable bonds is 4. The lowest BCUT2D eigenvalue weighted by atomic mass is 10.1. The van der Waals surface area contributed by atoms with Gasteiger partial charge in [-0.3, -0.25) is 0 Å². The molecule has 4 rings (SSSR count). The van der Waals surface area contributed by atoms with Crippen LogP contribution in [0.15, 0.2) is 61.2 Å². The Morgan fingerprint density at radius 1 is 1.12 bits per heavy atom. The molecule has 2 N–H and O–H groups in total. The van der Waals surface area contributed by atoms with Crippen molar-refractivity contribution < 1.29 is 2.85 Å². The van der Waals surface area contributed by atoms with Gasteiger partial charge in [0.2, 0.25) is 0 Å². The molecular weight excluding hydrogens is 326 g/mol. The number of hydrogen-bond donors (Lipinski definition) is 1. The number of nitrogens with zero attached hydrogens (tertiary/aromatic N) is 6. The highest BCUT2D eigenvalue weighted by Crippen LogP contribution is 2.30. The Balaban J connectivity index is 0.00000140. The zero-order valence-corrected chi connectivity index (χ0v) is 14.6. The number of benzene rings is 1. The van der Waals surface area contributed by atoms with Gasteiger partial charge in [0.25, 0.3) is 0 Å². The van der Waals surface area contributed by atoms with E-state index in [9.17, 15) is 0 Å². The fourth-order valence-electron chi connectivity index (χ4n) is 2.98. The van der Waals surface area contributed by atoms with E-state index in [1.807, 2.05) is 43.6 Å². The maximum Gasteiger partial charge on any atom is 0.166 e. The van der Waals surface area contributed by atoms with E-state index in [-0.39, 0.29) is 8.90 Å². The molecular formula is C19H23N7. The largest absolute Gasteiger partial charge is 0.382 e. The molecule has 7 heteroatoms. The molecule has 3 aromatic heterocycles. The number of anilines is 2. The highest BCUT2D eigenvalue weighted by Gasteiger charge is 2.18. The maximum atomic E-state index is 6.12. The van der Waals surface area contributed by atoms with E-state index < -0.39 is 0 Å². The van der Waals surface area contributed by atoms with Crippen molar-refractivity contribution in [3.8, 4) is 11.3 Å². The van der Waals surface area contributed by atoms with Gasteiger partial charge in [0.15, 0.2) is 11.5 Å². The summed E-state index contributed by atoms with van der Waals surface area (Å²) in [5.41, 5.74) is 9.43. The maximum absolute atomic E-state index is 6.12. The van der Waals surface area contributed by atoms with Gasteiger partial charge in [0.1, 0.15) is 12.1 Å². The molecule has 3 heterocycles. The van der Waals surface area contributed by atoms with Crippen molar-refractivity contribution in [3.05, 3.63) is 66.7 Å². The lowest BCUT2D eigenvalue weighted by molar-refractivity contribution is 0.727. The number of nitrogens with two attached hydrogens (primary N) is 1. The summed E-state index contributed by atoms with van der Waals surface area (Å²) in [5, 5.41) is 4.30. The van der Waals surface area contributed by atoms with Crippen LogP contribution in [0.4, 0.5) is 11.6 Å². The van der Waals surface area contributed by atoms with Crippen LogP contribution >= 0.6 is 0 Å². The van der Waals surface area contributed by atoms with Crippen molar-refractivity contribution in [2.45, 2.75) is 13.0 Å². The van der Waals surface area contributed by atoms with Gasteiger partial charge >= 0.3 is 0 Å². The second-order valence-electron chi connectivity index (χ2n) is 6.11. The minimum Gasteiger partial charge on any atom is -0.382 e. The average molecular weight is 349 g/mol. The van der Waals surface area contributed by atoms with E-state index >= 15 is 0 Å². The first-order chi connectivity index (χ1) is 12.6. The Morgan fingerprint density at radius 3 is 2.73 bits per heavy atom. The molecule has 0 aliphatic heterocycles. The number of hydrogen-bond acceptors (Lipinski definition) is 6. The van der Waals surface area contributed by atoms with E-state index in [0.29, 0.717) is 17.2 Å². The first kappa shape index (κ1) is 16.0. The second kappa shape index (κ2) is 6.44. The van der Waals surface area contributed by atoms with Gasteiger partial charge in [0, 0.05) is 28.4 Å². The Labute approximate surface area is 154 Å². The highest BCUT2D eigenvalue weighted by atomic mass is 15.3. The van der Waals surface area contributed by atoms with Crippen molar-refractivity contribution >= 4 is 17.3 Å². The third-order valence-corrected chi connectivity index (χ3v) is 4.56. The SMILES string of the molecule is C[C@H](c1ccccc1)N(C)c1cc(-c2c(N)nn3cccnc23)ncn1.[HH].[HH]. The van der Waals surface area contributed by atoms with Crippen LogP contribution in [0.5, 0.6) is 0 Å². The molecule has 0 aliphatic carbocycles. The smallest absolute Gasteiger partial charge is 0.166 e. The van der Waals surface area contributed by atoms with Crippen LogP contribution in [0.1, 0.15) is 21.4 Å². The van der Waals surface area contributed by atoms with Gasteiger partial charge in [-0.15, -0.1) is 5.10 Å². The lowest BCUT2D eigenvalue weighted by Crippen LogP contribution is -2.22. The molecule has 0 unspecified atom stereocenters. The Bertz CT molecular complexity index is 1050. The Morgan fingerprint density at radius 2 is 1.92 bits per heavy atom. The van der Waals surface area contributed by atoms with Crippen LogP contribution in [-0.4, -0.2) is 31.6 Å².